The average Bonchev–Trinajstić information content (AvgIpc) is 0. The van der Waals surface area contributed by atoms with Crippen LogP contribution in [0.15, 0.2) is 0 Å². The van der Waals surface area contributed by atoms with E-state index in [1.54, 1.807) is 0 Å². The maximum absolute atomic E-state index is 0. The molecule has 0 fully saturated rings. The van der Waals surface area contributed by atoms with Crippen molar-refractivity contribution >= 4 is 60.8 Å². The van der Waals surface area contributed by atoms with Gasteiger partial charge in [0, 0.05) is 21.7 Å². The van der Waals surface area contributed by atoms with Gasteiger partial charge in [-0.3, -0.25) is 0 Å². The van der Waals surface area contributed by atoms with Crippen LogP contribution in [-0.2, 0) is 21.7 Å². The van der Waals surface area contributed by atoms with Gasteiger partial charge in [-0.25, -0.2) is 0 Å². The minimum Gasteiger partial charge on any atom is -1.00 e. The summed E-state index contributed by atoms with van der Waals surface area (Å²) in [7, 11) is 0. The summed E-state index contributed by atoms with van der Waals surface area (Å²) in [4.78, 5) is 0. The van der Waals surface area contributed by atoms with Crippen molar-refractivity contribution in [2.45, 2.75) is 7.43 Å². The Bertz CT molecular complexity index is 16.0. The van der Waals surface area contributed by atoms with Crippen LogP contribution < -0.4 is 0 Å². The van der Waals surface area contributed by atoms with Crippen molar-refractivity contribution in [1.82, 2.24) is 0 Å². The Kier molecular flexibility index (Phi) is 127. The van der Waals surface area contributed by atoms with Crippen LogP contribution in [0.3, 0.4) is 0 Å². The molecule has 0 aromatic rings. The first-order chi connectivity index (χ1) is 0. The number of hydrogen-bond donors (Lipinski definition) is 0. The third kappa shape index (κ3) is 8.83. The first-order valence-corrected chi connectivity index (χ1v) is 0. The molecule has 0 saturated carbocycles. The van der Waals surface area contributed by atoms with Crippen LogP contribution in [0, 0.1) is 0 Å². The van der Waals surface area contributed by atoms with Gasteiger partial charge in [-0.1, -0.05) is 7.43 Å². The molecule has 0 aromatic carbocycles. The van der Waals surface area contributed by atoms with E-state index in [4.69, 9.17) is 0 Å². The Balaban J connectivity index is 0. The molecule has 0 rings (SSSR count). The van der Waals surface area contributed by atoms with Crippen molar-refractivity contribution in [2.75, 3.05) is 0 Å². The number of hydrogen-bond acceptors (Lipinski definition) is 0. The van der Waals surface area contributed by atoms with E-state index in [1.165, 1.54) is 0 Å². The van der Waals surface area contributed by atoms with Crippen molar-refractivity contribution in [3.05, 3.63) is 0 Å². The largest absolute Gasteiger partial charge is 2.00 e. The monoisotopic (exact) mass is 132 g/mol. The second kappa shape index (κ2) is 17.2. The molecule has 3 heteroatoms. The molecular weight excluding hydrogens is 124 g/mol. The molecule has 0 saturated heterocycles. The standard InChI is InChI=1S/CH4.Ca.Mg.Ti.4H/h1H4;;;;;;;/q;2*+2;;4*-1. The number of rotatable bonds is 0. The van der Waals surface area contributed by atoms with Crippen LogP contribution in [-0.4, -0.2) is 60.8 Å². The molecule has 0 unspecified atom stereocenters. The second-order valence-electron chi connectivity index (χ2n) is 0. The Morgan fingerprint density at radius 2 is 1.25 bits per heavy atom. The zero-order chi connectivity index (χ0) is 0. The summed E-state index contributed by atoms with van der Waals surface area (Å²) in [6, 6.07) is 0. The summed E-state index contributed by atoms with van der Waals surface area (Å²) >= 11 is 0. The Morgan fingerprint density at radius 3 is 1.25 bits per heavy atom. The minimum atomic E-state index is 0. The first-order valence-electron chi connectivity index (χ1n) is 0. The van der Waals surface area contributed by atoms with Crippen LogP contribution in [0.2, 0.25) is 0 Å². The van der Waals surface area contributed by atoms with Crippen LogP contribution in [0.25, 0.3) is 0 Å². The minimum absolute atomic E-state index is 0. The fourth-order valence-corrected chi connectivity index (χ4v) is 0. The third-order valence-corrected chi connectivity index (χ3v) is 0. The van der Waals surface area contributed by atoms with Gasteiger partial charge >= 0.3 is 60.8 Å². The Hall–Kier alpha value is 2.74. The summed E-state index contributed by atoms with van der Waals surface area (Å²) in [5.41, 5.74) is 0. The summed E-state index contributed by atoms with van der Waals surface area (Å²) in [5, 5.41) is 0. The van der Waals surface area contributed by atoms with E-state index in [0.29, 0.717) is 0 Å². The molecule has 0 aliphatic rings. The molecule has 0 radical (unpaired) electrons. The van der Waals surface area contributed by atoms with Crippen LogP contribution in [0.4, 0.5) is 0 Å². The molecule has 0 nitrogen and oxygen atoms in total. The van der Waals surface area contributed by atoms with Crippen molar-refractivity contribution < 1.29 is 27.4 Å². The molecule has 0 bridgehead atoms. The molecule has 0 spiro atoms. The van der Waals surface area contributed by atoms with Gasteiger partial charge in [-0.15, -0.1) is 0 Å². The maximum Gasteiger partial charge on any atom is 2.00 e. The van der Waals surface area contributed by atoms with Gasteiger partial charge in [0.2, 0.25) is 0 Å². The molecule has 0 aliphatic heterocycles. The molecule has 0 aliphatic carbocycles. The first kappa shape index (κ1) is 29.6. The maximum atomic E-state index is 0. The van der Waals surface area contributed by atoms with E-state index >= 15 is 0 Å². The normalized spacial score (nSPS) is 0. The summed E-state index contributed by atoms with van der Waals surface area (Å²) in [6.45, 7) is 0. The van der Waals surface area contributed by atoms with E-state index in [2.05, 4.69) is 0 Å². The van der Waals surface area contributed by atoms with Gasteiger partial charge in [0.15, 0.2) is 0 Å². The predicted octanol–water partition coefficient (Wildman–Crippen LogP) is 0.322. The van der Waals surface area contributed by atoms with Gasteiger partial charge in [0.25, 0.3) is 0 Å². The zero-order valence-electron chi connectivity index (χ0n) is 5.91. The van der Waals surface area contributed by atoms with E-state index in [9.17, 15) is 0 Å². The van der Waals surface area contributed by atoms with Crippen molar-refractivity contribution in [1.29, 1.82) is 0 Å². The van der Waals surface area contributed by atoms with E-state index < -0.39 is 0 Å². The average molecular weight is 132 g/mol. The van der Waals surface area contributed by atoms with Crippen molar-refractivity contribution in [3.8, 4) is 0 Å². The van der Waals surface area contributed by atoms with E-state index in [1.807, 2.05) is 0 Å². The topological polar surface area (TPSA) is 0 Å². The SMILES string of the molecule is C.[Ca+2].[H-].[H-].[H-].[H-].[Mg+2].[Ti]. The quantitative estimate of drug-likeness (QED) is 0.417. The van der Waals surface area contributed by atoms with Crippen molar-refractivity contribution in [2.24, 2.45) is 0 Å². The summed E-state index contributed by atoms with van der Waals surface area (Å²) in [5.74, 6) is 0. The Morgan fingerprint density at radius 1 is 1.25 bits per heavy atom. The molecule has 20 valence electrons. The molecule has 4 heavy (non-hydrogen) atoms. The zero-order valence-corrected chi connectivity index (χ0v) is 7.10. The fraction of sp³-hybridized carbons (Fsp3) is 1.00. The third-order valence-electron chi connectivity index (χ3n) is 0. The smallest absolute Gasteiger partial charge is 1.00 e. The van der Waals surface area contributed by atoms with Gasteiger partial charge in [0.05, 0.1) is 0 Å². The fourth-order valence-electron chi connectivity index (χ4n) is 0. The second-order valence-corrected chi connectivity index (χ2v) is 0. The molecule has 0 heterocycles. The Labute approximate surface area is 94.1 Å². The molecule has 0 aromatic heterocycles. The van der Waals surface area contributed by atoms with Gasteiger partial charge in [0.1, 0.15) is 0 Å². The van der Waals surface area contributed by atoms with Crippen molar-refractivity contribution in [3.63, 3.8) is 0 Å². The molecule has 0 amide bonds. The predicted molar refractivity (Wildman–Crippen MR) is 22.7 cm³/mol. The molecule has 0 atom stereocenters. The summed E-state index contributed by atoms with van der Waals surface area (Å²) in [6.07, 6.45) is 0. The van der Waals surface area contributed by atoms with Gasteiger partial charge < -0.3 is 5.71 Å². The molecular formula is CH8CaMgTi. The van der Waals surface area contributed by atoms with Crippen LogP contribution in [0.5, 0.6) is 0 Å². The van der Waals surface area contributed by atoms with Gasteiger partial charge in [-0.05, 0) is 0 Å². The van der Waals surface area contributed by atoms with E-state index in [-0.39, 0.29) is 95.6 Å². The van der Waals surface area contributed by atoms with E-state index in [0.717, 1.165) is 0 Å². The van der Waals surface area contributed by atoms with Gasteiger partial charge in [-0.2, -0.15) is 0 Å². The van der Waals surface area contributed by atoms with Crippen LogP contribution >= 0.6 is 0 Å². The van der Waals surface area contributed by atoms with Crippen LogP contribution in [0.1, 0.15) is 13.1 Å². The summed E-state index contributed by atoms with van der Waals surface area (Å²) < 4.78 is 0. The molecule has 0 N–H and O–H groups in total.